The molecule has 1 aliphatic heterocycles. The van der Waals surface area contributed by atoms with Crippen LogP contribution in [0.1, 0.15) is 12.8 Å². The highest BCUT2D eigenvalue weighted by Gasteiger charge is 2.26. The van der Waals surface area contributed by atoms with Gasteiger partial charge in [0.05, 0.1) is 5.52 Å². The second kappa shape index (κ2) is 4.22. The summed E-state index contributed by atoms with van der Waals surface area (Å²) >= 11 is 7.61. The Hall–Kier alpha value is -0.800. The zero-order valence-corrected chi connectivity index (χ0v) is 10.5. The van der Waals surface area contributed by atoms with Gasteiger partial charge in [0.15, 0.2) is 0 Å². The Morgan fingerprint density at radius 1 is 1.44 bits per heavy atom. The molecule has 1 atom stereocenters. The molecule has 0 N–H and O–H groups in total. The van der Waals surface area contributed by atoms with Gasteiger partial charge in [-0.1, -0.05) is 12.1 Å². The number of rotatable bonds is 2. The van der Waals surface area contributed by atoms with E-state index in [1.54, 1.807) is 11.5 Å². The van der Waals surface area contributed by atoms with E-state index in [2.05, 4.69) is 27.5 Å². The molecular weight excluding hydrogens is 240 g/mol. The van der Waals surface area contributed by atoms with Crippen LogP contribution in [0.15, 0.2) is 24.3 Å². The molecule has 0 radical (unpaired) electrons. The van der Waals surface area contributed by atoms with Gasteiger partial charge >= 0.3 is 0 Å². The molecule has 2 aromatic rings. The van der Waals surface area contributed by atoms with E-state index in [-0.39, 0.29) is 0 Å². The maximum Gasteiger partial charge on any atom is 0.120 e. The lowest BCUT2D eigenvalue weighted by atomic mass is 10.2. The highest BCUT2D eigenvalue weighted by molar-refractivity contribution is 7.11. The molecule has 1 aromatic heterocycles. The Bertz CT molecular complexity index is 496. The van der Waals surface area contributed by atoms with Gasteiger partial charge in [0.2, 0.25) is 0 Å². The van der Waals surface area contributed by atoms with Crippen molar-refractivity contribution in [1.82, 2.24) is 4.37 Å². The first-order chi connectivity index (χ1) is 7.90. The minimum atomic E-state index is 0.491. The molecule has 4 heteroatoms. The zero-order chi connectivity index (χ0) is 11.0. The van der Waals surface area contributed by atoms with E-state index < -0.39 is 0 Å². The molecule has 3 rings (SSSR count). The highest BCUT2D eigenvalue weighted by Crippen LogP contribution is 2.35. The second-order valence-electron chi connectivity index (χ2n) is 4.15. The van der Waals surface area contributed by atoms with Crippen LogP contribution in [0.2, 0.25) is 0 Å². The number of alkyl halides is 1. The van der Waals surface area contributed by atoms with E-state index in [9.17, 15) is 0 Å². The lowest BCUT2D eigenvalue weighted by Gasteiger charge is -2.23. The van der Waals surface area contributed by atoms with E-state index in [0.717, 1.165) is 12.1 Å². The van der Waals surface area contributed by atoms with E-state index in [1.165, 1.54) is 23.2 Å². The van der Waals surface area contributed by atoms with Crippen LogP contribution in [0.4, 0.5) is 5.00 Å². The van der Waals surface area contributed by atoms with Crippen molar-refractivity contribution >= 4 is 39.0 Å². The normalized spacial score (nSPS) is 20.8. The summed E-state index contributed by atoms with van der Waals surface area (Å²) in [7, 11) is 0. The lowest BCUT2D eigenvalue weighted by Crippen LogP contribution is -2.29. The molecule has 0 amide bonds. The molecule has 1 fully saturated rings. The van der Waals surface area contributed by atoms with Crippen LogP contribution in [0, 0.1) is 0 Å². The van der Waals surface area contributed by atoms with E-state index >= 15 is 0 Å². The number of aromatic nitrogens is 1. The molecule has 1 saturated heterocycles. The predicted octanol–water partition coefficient (Wildman–Crippen LogP) is 3.50. The van der Waals surface area contributed by atoms with E-state index in [0.29, 0.717) is 11.9 Å². The Balaban J connectivity index is 2.05. The van der Waals surface area contributed by atoms with Crippen molar-refractivity contribution in [3.05, 3.63) is 24.3 Å². The van der Waals surface area contributed by atoms with Gasteiger partial charge in [0, 0.05) is 23.9 Å². The van der Waals surface area contributed by atoms with Crippen LogP contribution in [0.3, 0.4) is 0 Å². The minimum absolute atomic E-state index is 0.491. The van der Waals surface area contributed by atoms with Crippen molar-refractivity contribution in [3.63, 3.8) is 0 Å². The fourth-order valence-electron chi connectivity index (χ4n) is 2.35. The Morgan fingerprint density at radius 2 is 2.31 bits per heavy atom. The quantitative estimate of drug-likeness (QED) is 0.761. The number of hydrogen-bond acceptors (Lipinski definition) is 3. The van der Waals surface area contributed by atoms with Crippen LogP contribution in [0.25, 0.3) is 10.9 Å². The summed E-state index contributed by atoms with van der Waals surface area (Å²) in [5.41, 5.74) is 1.10. The third-order valence-electron chi connectivity index (χ3n) is 3.18. The first kappa shape index (κ1) is 10.4. The van der Waals surface area contributed by atoms with Crippen LogP contribution >= 0.6 is 23.1 Å². The van der Waals surface area contributed by atoms with Gasteiger partial charge in [-0.3, -0.25) is 0 Å². The van der Waals surface area contributed by atoms with Gasteiger partial charge in [-0.2, -0.15) is 4.37 Å². The maximum absolute atomic E-state index is 6.01. The van der Waals surface area contributed by atoms with Crippen molar-refractivity contribution in [3.8, 4) is 0 Å². The zero-order valence-electron chi connectivity index (χ0n) is 8.90. The molecule has 0 saturated carbocycles. The molecule has 2 heterocycles. The largest absolute Gasteiger partial charge is 0.357 e. The van der Waals surface area contributed by atoms with Gasteiger partial charge in [-0.05, 0) is 36.5 Å². The fourth-order valence-corrected chi connectivity index (χ4v) is 3.63. The van der Waals surface area contributed by atoms with Crippen molar-refractivity contribution in [2.75, 3.05) is 17.3 Å². The number of nitrogens with zero attached hydrogens (tertiary/aromatic N) is 2. The number of fused-ring (bicyclic) bond motifs is 1. The summed E-state index contributed by atoms with van der Waals surface area (Å²) in [6, 6.07) is 8.82. The van der Waals surface area contributed by atoms with Crippen molar-refractivity contribution in [2.45, 2.75) is 18.9 Å². The average Bonchev–Trinajstić information content (AvgIpc) is 2.94. The van der Waals surface area contributed by atoms with E-state index in [1.807, 2.05) is 6.07 Å². The maximum atomic E-state index is 6.01. The molecule has 0 bridgehead atoms. The molecule has 1 unspecified atom stereocenters. The topological polar surface area (TPSA) is 16.1 Å². The SMILES string of the molecule is ClCC1CCCN1c1snc2ccccc12. The van der Waals surface area contributed by atoms with Crippen LogP contribution < -0.4 is 4.90 Å². The van der Waals surface area contributed by atoms with Crippen LogP contribution in [-0.2, 0) is 0 Å². The van der Waals surface area contributed by atoms with Crippen molar-refractivity contribution in [2.24, 2.45) is 0 Å². The minimum Gasteiger partial charge on any atom is -0.357 e. The summed E-state index contributed by atoms with van der Waals surface area (Å²) < 4.78 is 4.49. The van der Waals surface area contributed by atoms with Gasteiger partial charge in [0.25, 0.3) is 0 Å². The molecule has 0 spiro atoms. The number of benzene rings is 1. The van der Waals surface area contributed by atoms with E-state index in [4.69, 9.17) is 11.6 Å². The molecule has 16 heavy (non-hydrogen) atoms. The number of hydrogen-bond donors (Lipinski definition) is 0. The average molecular weight is 253 g/mol. The fraction of sp³-hybridized carbons (Fsp3) is 0.417. The number of halogens is 1. The third kappa shape index (κ3) is 1.59. The smallest absolute Gasteiger partial charge is 0.120 e. The molecule has 0 aliphatic carbocycles. The van der Waals surface area contributed by atoms with Crippen LogP contribution in [-0.4, -0.2) is 22.8 Å². The van der Waals surface area contributed by atoms with Crippen molar-refractivity contribution < 1.29 is 0 Å². The summed E-state index contributed by atoms with van der Waals surface area (Å²) in [6.07, 6.45) is 2.44. The Morgan fingerprint density at radius 3 is 3.19 bits per heavy atom. The molecule has 84 valence electrons. The third-order valence-corrected chi connectivity index (χ3v) is 4.45. The Kier molecular flexibility index (Phi) is 2.74. The first-order valence-electron chi connectivity index (χ1n) is 5.57. The number of anilines is 1. The molecular formula is C12H13ClN2S. The van der Waals surface area contributed by atoms with Gasteiger partial charge in [-0.15, -0.1) is 11.6 Å². The first-order valence-corrected chi connectivity index (χ1v) is 6.88. The van der Waals surface area contributed by atoms with Crippen molar-refractivity contribution in [1.29, 1.82) is 0 Å². The summed E-state index contributed by atoms with van der Waals surface area (Å²) in [4.78, 5) is 2.42. The lowest BCUT2D eigenvalue weighted by molar-refractivity contribution is 0.747. The van der Waals surface area contributed by atoms with Gasteiger partial charge in [-0.25, -0.2) is 0 Å². The summed E-state index contributed by atoms with van der Waals surface area (Å²) in [5, 5.41) is 2.56. The predicted molar refractivity (Wildman–Crippen MR) is 70.7 cm³/mol. The Labute approximate surface area is 104 Å². The summed E-state index contributed by atoms with van der Waals surface area (Å²) in [5.74, 6) is 0.715. The monoisotopic (exact) mass is 252 g/mol. The highest BCUT2D eigenvalue weighted by atomic mass is 35.5. The second-order valence-corrected chi connectivity index (χ2v) is 5.21. The molecule has 1 aromatic carbocycles. The molecule has 2 nitrogen and oxygen atoms in total. The van der Waals surface area contributed by atoms with Gasteiger partial charge < -0.3 is 4.90 Å². The molecule has 1 aliphatic rings. The van der Waals surface area contributed by atoms with Gasteiger partial charge in [0.1, 0.15) is 5.00 Å². The standard InChI is InChI=1S/C12H13ClN2S/c13-8-9-4-3-7-15(9)12-10-5-1-2-6-11(10)14-16-12/h1-2,5-6,9H,3-4,7-8H2. The van der Waals surface area contributed by atoms with Crippen LogP contribution in [0.5, 0.6) is 0 Å². The summed E-state index contributed by atoms with van der Waals surface area (Å²) in [6.45, 7) is 1.11.